The summed E-state index contributed by atoms with van der Waals surface area (Å²) in [6.07, 6.45) is 10.9. The van der Waals surface area contributed by atoms with Crippen molar-refractivity contribution in [2.45, 2.75) is 50.6 Å². The molecular weight excluding hydrogens is 708 g/mol. The third-order valence-electron chi connectivity index (χ3n) is 8.00. The topological polar surface area (TPSA) is 343 Å². The molecule has 0 saturated heterocycles. The number of guanidine groups is 2. The first-order valence-corrected chi connectivity index (χ1v) is 16.7. The van der Waals surface area contributed by atoms with Crippen LogP contribution in [-0.2, 0) is 0 Å². The maximum absolute atomic E-state index is 13.4. The minimum Gasteiger partial charge on any atom is -0.446 e. The first-order chi connectivity index (χ1) is 26.2. The van der Waals surface area contributed by atoms with Crippen LogP contribution in [0.15, 0.2) is 74.1 Å². The molecule has 10 N–H and O–H groups in total. The third kappa shape index (κ3) is 8.11. The van der Waals surface area contributed by atoms with Crippen LogP contribution in [0.4, 0.5) is 0 Å². The summed E-state index contributed by atoms with van der Waals surface area (Å²) in [4.78, 5) is 61.4. The number of hydrogen-bond acceptors (Lipinski definition) is 16. The number of unbranched alkanes of at least 4 members (excludes halogenated alkanes) is 2. The lowest BCUT2D eigenvalue weighted by atomic mass is 10.1. The third-order valence-corrected chi connectivity index (χ3v) is 8.00. The Bertz CT molecular complexity index is 2120. The molecule has 0 aliphatic carbocycles. The number of nitrogens with zero attached hydrogens (tertiary/aromatic N) is 8. The van der Waals surface area contributed by atoms with E-state index in [0.29, 0.717) is 51.6 Å². The van der Waals surface area contributed by atoms with E-state index >= 15 is 0 Å². The molecular formula is C32H34N14O8. The summed E-state index contributed by atoms with van der Waals surface area (Å²) in [5.74, 6) is -0.644. The smallest absolute Gasteiger partial charge is 0.273 e. The van der Waals surface area contributed by atoms with E-state index in [0.717, 1.165) is 0 Å². The van der Waals surface area contributed by atoms with Crippen LogP contribution in [0.25, 0.3) is 46.3 Å². The molecule has 6 aromatic heterocycles. The second-order valence-corrected chi connectivity index (χ2v) is 12.0. The van der Waals surface area contributed by atoms with Gasteiger partial charge in [0.05, 0.1) is 0 Å². The molecule has 0 radical (unpaired) electrons. The van der Waals surface area contributed by atoms with Crippen LogP contribution >= 0.6 is 0 Å². The molecule has 7 rings (SSSR count). The maximum Gasteiger partial charge on any atom is 0.273 e. The highest BCUT2D eigenvalue weighted by Gasteiger charge is 2.28. The fraction of sp³-hybridized carbons (Fsp3) is 0.312. The summed E-state index contributed by atoms with van der Waals surface area (Å²) < 4.78 is 34.0. The van der Waals surface area contributed by atoms with Crippen molar-refractivity contribution in [1.82, 2.24) is 40.5 Å². The van der Waals surface area contributed by atoms with Crippen LogP contribution in [0.5, 0.6) is 0 Å². The average molecular weight is 743 g/mol. The molecule has 0 saturated carbocycles. The number of nitrogens with two attached hydrogens (primary N) is 4. The molecule has 0 aromatic carbocycles. The molecule has 0 unspecified atom stereocenters. The maximum atomic E-state index is 13.4. The summed E-state index contributed by atoms with van der Waals surface area (Å²) in [7, 11) is 0. The zero-order valence-corrected chi connectivity index (χ0v) is 28.4. The Morgan fingerprint density at radius 1 is 0.500 bits per heavy atom. The second kappa shape index (κ2) is 15.5. The predicted octanol–water partition coefficient (Wildman–Crippen LogP) is 2.43. The van der Waals surface area contributed by atoms with Crippen molar-refractivity contribution in [2.75, 3.05) is 13.1 Å². The van der Waals surface area contributed by atoms with Crippen LogP contribution < -0.4 is 33.6 Å². The van der Waals surface area contributed by atoms with Gasteiger partial charge in [-0.25, -0.2) is 29.9 Å². The minimum atomic E-state index is -0.708. The van der Waals surface area contributed by atoms with E-state index in [1.54, 1.807) is 0 Å². The Balaban J connectivity index is 1.20. The fourth-order valence-corrected chi connectivity index (χ4v) is 5.38. The zero-order chi connectivity index (χ0) is 37.6. The number of carbonyl (C=O) groups excluding carboxylic acids is 2. The normalized spacial score (nSPS) is 15.6. The van der Waals surface area contributed by atoms with Gasteiger partial charge in [-0.1, -0.05) is 0 Å². The molecule has 22 nitrogen and oxygen atoms in total. The number of rotatable bonds is 10. The van der Waals surface area contributed by atoms with Crippen molar-refractivity contribution in [2.24, 2.45) is 32.9 Å². The van der Waals surface area contributed by atoms with Crippen LogP contribution in [0.1, 0.15) is 83.4 Å². The number of amides is 2. The van der Waals surface area contributed by atoms with Crippen molar-refractivity contribution in [3.05, 3.63) is 60.7 Å². The van der Waals surface area contributed by atoms with Gasteiger partial charge in [0.25, 0.3) is 11.8 Å². The van der Waals surface area contributed by atoms with E-state index in [4.69, 9.17) is 49.4 Å². The van der Waals surface area contributed by atoms with E-state index in [9.17, 15) is 9.59 Å². The van der Waals surface area contributed by atoms with Crippen LogP contribution in [0.2, 0.25) is 0 Å². The molecule has 2 amide bonds. The molecule has 54 heavy (non-hydrogen) atoms. The highest BCUT2D eigenvalue weighted by atomic mass is 16.4. The van der Waals surface area contributed by atoms with Gasteiger partial charge in [0.15, 0.2) is 46.1 Å². The Morgan fingerprint density at radius 3 is 1.22 bits per heavy atom. The van der Waals surface area contributed by atoms with Gasteiger partial charge >= 0.3 is 0 Å². The Labute approximate surface area is 303 Å². The first kappa shape index (κ1) is 35.2. The van der Waals surface area contributed by atoms with Gasteiger partial charge in [0, 0.05) is 13.1 Å². The summed E-state index contributed by atoms with van der Waals surface area (Å²) in [5, 5.41) is 5.79. The van der Waals surface area contributed by atoms with Gasteiger partial charge in [-0.2, -0.15) is 0 Å². The largest absolute Gasteiger partial charge is 0.446 e. The number of nitrogens with one attached hydrogen (secondary N) is 2. The molecule has 1 aliphatic heterocycles. The number of aliphatic imine (C=N–C) groups is 2. The van der Waals surface area contributed by atoms with Crippen LogP contribution in [-0.4, -0.2) is 66.7 Å². The number of carbonyl (C=O) groups is 2. The lowest BCUT2D eigenvalue weighted by molar-refractivity contribution is 0.0914. The molecule has 22 heteroatoms. The quantitative estimate of drug-likeness (QED) is 0.0666. The Morgan fingerprint density at radius 2 is 0.833 bits per heavy atom. The summed E-state index contributed by atoms with van der Waals surface area (Å²) in [6.45, 7) is 0.793. The van der Waals surface area contributed by atoms with E-state index in [1.807, 2.05) is 0 Å². The number of oxazole rings is 6. The van der Waals surface area contributed by atoms with Crippen molar-refractivity contribution in [1.29, 1.82) is 0 Å². The van der Waals surface area contributed by atoms with Crippen LogP contribution in [0, 0.1) is 0 Å². The van der Waals surface area contributed by atoms with E-state index in [2.05, 4.69) is 50.5 Å². The number of fused-ring (bicyclic) bond motifs is 16. The standard InChI is InChI=1S/C32H34N14O8/c33-31(34)37-7-3-1-5-15-25-43-21(11-51-25)29-45-20(13-53-29)28-42-18(10-50-28)24(48)40-16(6-2-4-8-38-32(35)36)26-44-22(12-52-26)30-46-19(14-54-30)27-41-17(9-49-27)23(47)39-15/h9-16H,1-8H2,(H,39,47)(H,40,48)(H4,33,34,37)(H4,35,36,38)/t15-,16-/m0/s1. The highest BCUT2D eigenvalue weighted by molar-refractivity contribution is 5.93. The summed E-state index contributed by atoms with van der Waals surface area (Å²) in [5.41, 5.74) is 22.5. The first-order valence-electron chi connectivity index (χ1n) is 16.7. The SMILES string of the molecule is NC(N)=NCCCC[C@@H]1NC(=O)c2coc(n2)-c2coc(n2)-c2coc(n2)[C@H](CCCCN=C(N)N)NC(=O)c2coc(n2)-c2coc(n2)-c2coc1n2. The van der Waals surface area contributed by atoms with Crippen molar-refractivity contribution in [3.8, 4) is 46.3 Å². The van der Waals surface area contributed by atoms with E-state index < -0.39 is 23.9 Å². The number of aromatic nitrogens is 6. The predicted molar refractivity (Wildman–Crippen MR) is 184 cm³/mol. The van der Waals surface area contributed by atoms with Gasteiger partial charge in [0.1, 0.15) is 49.7 Å². The zero-order valence-electron chi connectivity index (χ0n) is 28.4. The average Bonchev–Trinajstić information content (AvgIpc) is 3.99. The highest BCUT2D eigenvalue weighted by Crippen LogP contribution is 2.30. The minimum absolute atomic E-state index is 0.0121. The molecule has 12 bridgehead atoms. The van der Waals surface area contributed by atoms with Crippen molar-refractivity contribution >= 4 is 23.7 Å². The summed E-state index contributed by atoms with van der Waals surface area (Å²) in [6, 6.07) is -1.42. The van der Waals surface area contributed by atoms with Gasteiger partial charge in [-0.3, -0.25) is 19.6 Å². The lowest BCUT2D eigenvalue weighted by Crippen LogP contribution is -2.29. The van der Waals surface area contributed by atoms with E-state index in [1.165, 1.54) is 37.6 Å². The monoisotopic (exact) mass is 742 g/mol. The second-order valence-electron chi connectivity index (χ2n) is 12.0. The van der Waals surface area contributed by atoms with Crippen molar-refractivity contribution in [3.63, 3.8) is 0 Å². The fourth-order valence-electron chi connectivity index (χ4n) is 5.38. The molecule has 2 atom stereocenters. The van der Waals surface area contributed by atoms with Gasteiger partial charge < -0.3 is 60.1 Å². The molecule has 6 aromatic rings. The molecule has 0 fully saturated rings. The molecule has 1 aliphatic rings. The Hall–Kier alpha value is -7.26. The van der Waals surface area contributed by atoms with Gasteiger partial charge in [-0.05, 0) is 38.5 Å². The van der Waals surface area contributed by atoms with Crippen molar-refractivity contribution < 1.29 is 36.1 Å². The van der Waals surface area contributed by atoms with E-state index in [-0.39, 0.29) is 81.4 Å². The Kier molecular flexibility index (Phi) is 10.1. The lowest BCUT2D eigenvalue weighted by Gasteiger charge is -2.14. The van der Waals surface area contributed by atoms with Crippen LogP contribution in [0.3, 0.4) is 0 Å². The number of hydrogen-bond donors (Lipinski definition) is 6. The molecule has 7 heterocycles. The summed E-state index contributed by atoms with van der Waals surface area (Å²) >= 11 is 0. The molecule has 280 valence electrons. The van der Waals surface area contributed by atoms with Gasteiger partial charge in [-0.15, -0.1) is 0 Å². The molecule has 0 spiro atoms. The van der Waals surface area contributed by atoms with Gasteiger partial charge in [0.2, 0.25) is 35.3 Å².